The summed E-state index contributed by atoms with van der Waals surface area (Å²) in [6.45, 7) is 2.13. The van der Waals surface area contributed by atoms with E-state index in [2.05, 4.69) is 18.1 Å². The fraction of sp³-hybridized carbons (Fsp3) is 0.263. The molecule has 0 aliphatic carbocycles. The number of aryl methyl sites for hydroxylation is 2. The summed E-state index contributed by atoms with van der Waals surface area (Å²) in [5.41, 5.74) is 3.02. The molecule has 7 heteroatoms. The van der Waals surface area contributed by atoms with E-state index < -0.39 is 11.2 Å². The van der Waals surface area contributed by atoms with Crippen molar-refractivity contribution in [2.24, 2.45) is 0 Å². The first-order valence-corrected chi connectivity index (χ1v) is 11.0. The van der Waals surface area contributed by atoms with Crippen LogP contribution in [0.15, 0.2) is 45.4 Å². The van der Waals surface area contributed by atoms with Gasteiger partial charge in [0.05, 0.1) is 11.3 Å². The molecule has 1 atom stereocenters. The summed E-state index contributed by atoms with van der Waals surface area (Å²) in [7, 11) is 0. The van der Waals surface area contributed by atoms with Crippen molar-refractivity contribution in [3.8, 4) is 16.9 Å². The Morgan fingerprint density at radius 1 is 1.31 bits per heavy atom. The predicted octanol–water partition coefficient (Wildman–Crippen LogP) is 4.23. The number of rotatable bonds is 3. The fourth-order valence-corrected chi connectivity index (χ4v) is 6.15. The maximum Gasteiger partial charge on any atom is 0.271 e. The second-order valence-electron chi connectivity index (χ2n) is 6.21. The van der Waals surface area contributed by atoms with Gasteiger partial charge in [0.15, 0.2) is 0 Å². The first kappa shape index (κ1) is 17.8. The SMILES string of the molecule is CCCc1cc2c(s1)[S+]([O-])CCc1cc(=O)n(-c3ccc(Cl)cc3)nc1-2. The Hall–Kier alpha value is -1.60. The maximum absolute atomic E-state index is 12.7. The predicted molar refractivity (Wildman–Crippen MR) is 107 cm³/mol. The van der Waals surface area contributed by atoms with E-state index in [-0.39, 0.29) is 5.56 Å². The molecule has 2 aromatic heterocycles. The summed E-state index contributed by atoms with van der Waals surface area (Å²) < 4.78 is 14.9. The van der Waals surface area contributed by atoms with E-state index in [1.165, 1.54) is 9.56 Å². The molecule has 1 aliphatic rings. The van der Waals surface area contributed by atoms with Gasteiger partial charge in [0.2, 0.25) is 4.21 Å². The van der Waals surface area contributed by atoms with Crippen LogP contribution >= 0.6 is 22.9 Å². The zero-order valence-electron chi connectivity index (χ0n) is 14.2. The van der Waals surface area contributed by atoms with Gasteiger partial charge in [-0.2, -0.15) is 9.78 Å². The monoisotopic (exact) mass is 404 g/mol. The van der Waals surface area contributed by atoms with Crippen molar-refractivity contribution in [1.82, 2.24) is 9.78 Å². The Bertz CT molecular complexity index is 1010. The van der Waals surface area contributed by atoms with Crippen LogP contribution < -0.4 is 5.56 Å². The molecule has 0 saturated heterocycles. The van der Waals surface area contributed by atoms with E-state index >= 15 is 0 Å². The molecule has 0 radical (unpaired) electrons. The fourth-order valence-electron chi connectivity index (χ4n) is 3.10. The molecule has 3 heterocycles. The summed E-state index contributed by atoms with van der Waals surface area (Å²) in [4.78, 5) is 13.8. The third kappa shape index (κ3) is 3.22. The summed E-state index contributed by atoms with van der Waals surface area (Å²) in [6.07, 6.45) is 2.59. The van der Waals surface area contributed by atoms with Gasteiger partial charge in [-0.15, -0.1) is 0 Å². The maximum atomic E-state index is 12.7. The molecule has 3 aromatic rings. The average Bonchev–Trinajstić information content (AvgIpc) is 3.00. The Morgan fingerprint density at radius 3 is 2.81 bits per heavy atom. The smallest absolute Gasteiger partial charge is 0.271 e. The lowest BCUT2D eigenvalue weighted by Crippen LogP contribution is -2.22. The Morgan fingerprint density at radius 2 is 2.08 bits per heavy atom. The minimum Gasteiger partial charge on any atom is -0.611 e. The topological polar surface area (TPSA) is 57.9 Å². The first-order valence-electron chi connectivity index (χ1n) is 8.47. The van der Waals surface area contributed by atoms with Crippen LogP contribution in [0.2, 0.25) is 5.02 Å². The summed E-state index contributed by atoms with van der Waals surface area (Å²) in [6, 6.07) is 10.7. The van der Waals surface area contributed by atoms with E-state index in [0.29, 0.717) is 22.9 Å². The largest absolute Gasteiger partial charge is 0.611 e. The van der Waals surface area contributed by atoms with E-state index in [1.807, 2.05) is 0 Å². The van der Waals surface area contributed by atoms with Crippen molar-refractivity contribution >= 4 is 34.1 Å². The molecular weight excluding hydrogens is 388 g/mol. The van der Waals surface area contributed by atoms with Crippen molar-refractivity contribution in [1.29, 1.82) is 0 Å². The van der Waals surface area contributed by atoms with Gasteiger partial charge in [-0.05, 0) is 53.5 Å². The van der Waals surface area contributed by atoms with Crippen LogP contribution in [0, 0.1) is 0 Å². The van der Waals surface area contributed by atoms with Gasteiger partial charge < -0.3 is 4.55 Å². The van der Waals surface area contributed by atoms with Crippen molar-refractivity contribution in [2.75, 3.05) is 5.75 Å². The van der Waals surface area contributed by atoms with Gasteiger partial charge in [0.25, 0.3) is 5.56 Å². The highest BCUT2D eigenvalue weighted by molar-refractivity contribution is 7.93. The van der Waals surface area contributed by atoms with Gasteiger partial charge in [-0.3, -0.25) is 4.79 Å². The van der Waals surface area contributed by atoms with Crippen LogP contribution in [-0.4, -0.2) is 20.1 Å². The standard InChI is InChI=1S/C19H17ClN2O2S2/c1-2-3-15-11-16-18-12(8-9-26(24)19(16)25-15)10-17(23)22(21-18)14-6-4-13(20)5-7-14/h4-7,10-11H,2-3,8-9H2,1H3. The molecule has 134 valence electrons. The Labute approximate surface area is 163 Å². The normalized spacial score (nSPS) is 16.0. The number of hydrogen-bond donors (Lipinski definition) is 0. The minimum atomic E-state index is -1.05. The van der Waals surface area contributed by atoms with E-state index in [1.54, 1.807) is 41.7 Å². The van der Waals surface area contributed by atoms with Crippen LogP contribution in [0.25, 0.3) is 16.9 Å². The van der Waals surface area contributed by atoms with Crippen molar-refractivity contribution in [3.63, 3.8) is 0 Å². The zero-order chi connectivity index (χ0) is 18.3. The van der Waals surface area contributed by atoms with E-state index in [0.717, 1.165) is 33.9 Å². The van der Waals surface area contributed by atoms with Crippen LogP contribution in [0.3, 0.4) is 0 Å². The molecule has 4 nitrogen and oxygen atoms in total. The number of hydrogen-bond acceptors (Lipinski definition) is 4. The zero-order valence-corrected chi connectivity index (χ0v) is 16.6. The molecule has 0 amide bonds. The number of thiophene rings is 1. The van der Waals surface area contributed by atoms with Crippen LogP contribution in [-0.2, 0) is 24.0 Å². The molecule has 0 saturated carbocycles. The molecule has 4 rings (SSSR count). The number of nitrogens with zero attached hydrogens (tertiary/aromatic N) is 2. The quantitative estimate of drug-likeness (QED) is 0.614. The molecule has 1 aliphatic heterocycles. The lowest BCUT2D eigenvalue weighted by Gasteiger charge is -2.09. The van der Waals surface area contributed by atoms with Gasteiger partial charge in [-0.1, -0.05) is 36.3 Å². The second kappa shape index (κ2) is 7.19. The highest BCUT2D eigenvalue weighted by atomic mass is 35.5. The first-order chi connectivity index (χ1) is 12.6. The lowest BCUT2D eigenvalue weighted by atomic mass is 10.1. The molecule has 0 spiro atoms. The Kier molecular flexibility index (Phi) is 4.92. The molecule has 0 bridgehead atoms. The van der Waals surface area contributed by atoms with Gasteiger partial charge in [0.1, 0.15) is 11.4 Å². The number of aromatic nitrogens is 2. The molecular formula is C19H17ClN2O2S2. The molecule has 0 N–H and O–H groups in total. The molecule has 26 heavy (non-hydrogen) atoms. The molecule has 1 unspecified atom stereocenters. The van der Waals surface area contributed by atoms with Crippen molar-refractivity contribution in [2.45, 2.75) is 30.4 Å². The van der Waals surface area contributed by atoms with Gasteiger partial charge in [-0.25, -0.2) is 0 Å². The van der Waals surface area contributed by atoms with E-state index in [9.17, 15) is 9.35 Å². The molecule has 0 fully saturated rings. The number of halogens is 1. The van der Waals surface area contributed by atoms with Crippen LogP contribution in [0.5, 0.6) is 0 Å². The summed E-state index contributed by atoms with van der Waals surface area (Å²) in [5, 5.41) is 5.26. The summed E-state index contributed by atoms with van der Waals surface area (Å²) in [5.74, 6) is 0.526. The number of benzene rings is 1. The minimum absolute atomic E-state index is 0.190. The van der Waals surface area contributed by atoms with Crippen LogP contribution in [0.1, 0.15) is 23.8 Å². The van der Waals surface area contributed by atoms with Crippen molar-refractivity contribution < 1.29 is 4.55 Å². The van der Waals surface area contributed by atoms with Crippen molar-refractivity contribution in [3.05, 3.63) is 62.2 Å². The average molecular weight is 405 g/mol. The number of fused-ring (bicyclic) bond motifs is 3. The van der Waals surface area contributed by atoms with Crippen LogP contribution in [0.4, 0.5) is 0 Å². The highest BCUT2D eigenvalue weighted by Crippen LogP contribution is 2.39. The highest BCUT2D eigenvalue weighted by Gasteiger charge is 2.29. The van der Waals surface area contributed by atoms with Gasteiger partial charge in [0, 0.05) is 22.4 Å². The second-order valence-corrected chi connectivity index (χ2v) is 9.55. The Balaban J connectivity index is 1.90. The molecule has 1 aromatic carbocycles. The third-order valence-corrected chi connectivity index (χ3v) is 7.60. The lowest BCUT2D eigenvalue weighted by molar-refractivity contribution is 0.597. The third-order valence-electron chi connectivity index (χ3n) is 4.35. The summed E-state index contributed by atoms with van der Waals surface area (Å²) >= 11 is 6.51. The van der Waals surface area contributed by atoms with E-state index in [4.69, 9.17) is 11.6 Å². The van der Waals surface area contributed by atoms with Gasteiger partial charge >= 0.3 is 0 Å².